The predicted octanol–water partition coefficient (Wildman–Crippen LogP) is 0.569. The van der Waals surface area contributed by atoms with Crippen molar-refractivity contribution < 1.29 is 71.4 Å². The number of carboxylic acid groups (broad SMARTS) is 1. The molecule has 1 saturated heterocycles. The average Bonchev–Trinajstić information content (AvgIpc) is 1.71. The molecule has 7 heterocycles. The molecule has 0 saturated carbocycles. The Morgan fingerprint density at radius 2 is 1.26 bits per heavy atom. The summed E-state index contributed by atoms with van der Waals surface area (Å²) in [6, 6.07) is 7.85. The van der Waals surface area contributed by atoms with Crippen molar-refractivity contribution in [2.45, 2.75) is 132 Å². The number of halogens is 2. The number of hydrogen-bond acceptors (Lipinski definition) is 15. The largest absolute Gasteiger partial charge is 0.497 e. The van der Waals surface area contributed by atoms with Gasteiger partial charge in [-0.2, -0.15) is 0 Å². The van der Waals surface area contributed by atoms with Gasteiger partial charge in [-0.1, -0.05) is 29.5 Å². The average molecular weight is 1360 g/mol. The number of ether oxygens (including phenoxy) is 1. The zero-order valence-corrected chi connectivity index (χ0v) is 54.1. The van der Waals surface area contributed by atoms with E-state index in [2.05, 4.69) is 72.8 Å². The minimum absolute atomic E-state index is 0.00879. The van der Waals surface area contributed by atoms with Gasteiger partial charge in [0.1, 0.15) is 71.3 Å². The first-order valence-electron chi connectivity index (χ1n) is 31.7. The molecule has 30 nitrogen and oxygen atoms in total. The van der Waals surface area contributed by atoms with Crippen molar-refractivity contribution in [3.63, 3.8) is 0 Å². The number of aromatic nitrogens is 7. The zero-order chi connectivity index (χ0) is 70.8. The Morgan fingerprint density at radius 3 is 1.83 bits per heavy atom. The lowest BCUT2D eigenvalue weighted by Crippen LogP contribution is -2.63. The molecule has 8 aromatic rings. The van der Waals surface area contributed by atoms with E-state index in [-0.39, 0.29) is 61.0 Å². The molecule has 11 rings (SSSR count). The summed E-state index contributed by atoms with van der Waals surface area (Å²) in [4.78, 5) is 171. The van der Waals surface area contributed by atoms with Gasteiger partial charge < -0.3 is 78.0 Å². The number of aliphatic carboxylic acids is 1. The lowest BCUT2D eigenvalue weighted by atomic mass is 9.94. The van der Waals surface area contributed by atoms with E-state index < -0.39 is 150 Å². The van der Waals surface area contributed by atoms with Gasteiger partial charge in [-0.3, -0.25) is 52.7 Å². The van der Waals surface area contributed by atoms with Gasteiger partial charge in [-0.05, 0) is 110 Å². The molecule has 4 bridgehead atoms. The van der Waals surface area contributed by atoms with Crippen LogP contribution in [0.4, 0.5) is 8.78 Å². The summed E-state index contributed by atoms with van der Waals surface area (Å²) < 4.78 is 36.6. The lowest BCUT2D eigenvalue weighted by Gasteiger charge is -2.37. The highest BCUT2D eigenvalue weighted by Crippen LogP contribution is 2.32. The molecule has 518 valence electrons. The van der Waals surface area contributed by atoms with Crippen LogP contribution in [0.2, 0.25) is 0 Å². The molecule has 10 amide bonds. The number of carbonyl (C=O) groups excluding carboxylic acids is 10. The topological polar surface area (TPSA) is 434 Å². The summed E-state index contributed by atoms with van der Waals surface area (Å²) in [5.74, 6) is -11.9. The van der Waals surface area contributed by atoms with E-state index in [1.165, 1.54) is 98.9 Å². The highest BCUT2D eigenvalue weighted by molar-refractivity contribution is 6.01. The van der Waals surface area contributed by atoms with Crippen LogP contribution in [0.1, 0.15) is 73.7 Å². The molecule has 3 aliphatic heterocycles. The number of aromatic amines is 3. The third-order valence-electron chi connectivity index (χ3n) is 17.5. The van der Waals surface area contributed by atoms with Crippen molar-refractivity contribution in [1.82, 2.24) is 82.4 Å². The Morgan fingerprint density at radius 1 is 0.687 bits per heavy atom. The molecule has 0 aliphatic carbocycles. The van der Waals surface area contributed by atoms with Gasteiger partial charge in [0.15, 0.2) is 0 Å². The van der Waals surface area contributed by atoms with Gasteiger partial charge in [-0.25, -0.2) is 18.4 Å². The standard InChI is InChI=1S/C67H73F2N17O13/c1-34-59(91)77-51(22-38-29-72-48-16-10-40(68)24-46(38)48)61(93)78-52(23-39-30-73-49-17-11-41(69)25-47(39)49)62(94)80-55(28-57(88)89)64(96)79-54(26-42-31-71-33-74-42)63(95)81-56(21-37-8-14-45(99-4)15-9-37)65(97)85-19-5-18-67(85,3)66(98)82-50(58(70)90)20-36-6-12-44(13-7-36)86-32-43(83-84-86)27-53(60(92)75-34)76-35(2)87/h6-17,24-25,29-34,50-56,72-73H,5,18-23,26-28H2,1-4H3,(H2,70,90)(H,71,74)(H,75,92)(H,76,87)(H,77,91)(H,78,93)(H,79,96)(H,80,94)(H,81,95)(H,82,98)(H,88,89)/t34-,50+,51+,52+,53-,54+,55+,56+,67+/m1/s1. The molecule has 32 heteroatoms. The second-order valence-corrected chi connectivity index (χ2v) is 24.7. The van der Waals surface area contributed by atoms with Crippen molar-refractivity contribution in [3.05, 3.63) is 161 Å². The van der Waals surface area contributed by atoms with Gasteiger partial charge in [0.05, 0.1) is 37.4 Å². The van der Waals surface area contributed by atoms with E-state index in [9.17, 15) is 47.4 Å². The Bertz CT molecular complexity index is 4370. The fourth-order valence-corrected chi connectivity index (χ4v) is 12.1. The van der Waals surface area contributed by atoms with Gasteiger partial charge in [0, 0.05) is 98.1 Å². The van der Waals surface area contributed by atoms with Crippen molar-refractivity contribution in [1.29, 1.82) is 0 Å². The SMILES string of the molecule is COc1ccc(C[C@@H]2NC(=O)[C@H](Cc3cnc[nH]3)NC(=O)[C@H](CC(=O)O)NC(=O)[C@H](Cc3c[nH]c4ccc(F)cc34)NC(=O)[C@H](Cc3c[nH]c4ccc(F)cc34)NC(=O)[C@@H](C)NC(=O)[C@H](NC(C)=O)Cc3cn(nn3)-c3ccc(cc3)C[C@@H](C(N)=O)NC(=O)[C@]3(C)CCCN3C2=O)cc1. The quantitative estimate of drug-likeness (QED) is 0.0702. The summed E-state index contributed by atoms with van der Waals surface area (Å²) >= 11 is 0. The first-order chi connectivity index (χ1) is 47.3. The van der Waals surface area contributed by atoms with Crippen LogP contribution in [0.3, 0.4) is 0 Å². The molecule has 1 fully saturated rings. The number of nitrogens with zero attached hydrogens (tertiary/aromatic N) is 5. The smallest absolute Gasteiger partial charge is 0.305 e. The number of nitrogens with two attached hydrogens (primary N) is 1. The Kier molecular flexibility index (Phi) is 21.5. The second-order valence-electron chi connectivity index (χ2n) is 24.7. The number of methoxy groups -OCH3 is 1. The van der Waals surface area contributed by atoms with Gasteiger partial charge in [0.25, 0.3) is 0 Å². The number of imidazole rings is 1. The molecule has 0 radical (unpaired) electrons. The second kappa shape index (κ2) is 30.5. The summed E-state index contributed by atoms with van der Waals surface area (Å²) in [6.45, 7) is 3.97. The van der Waals surface area contributed by atoms with Gasteiger partial charge >= 0.3 is 5.97 Å². The number of fused-ring (bicyclic) bond motifs is 27. The first kappa shape index (κ1) is 70.0. The Labute approximate surface area is 563 Å². The number of carboxylic acids is 1. The fourth-order valence-electron chi connectivity index (χ4n) is 12.1. The molecule has 9 atom stereocenters. The third-order valence-corrected chi connectivity index (χ3v) is 17.5. The number of primary amides is 1. The highest BCUT2D eigenvalue weighted by atomic mass is 19.1. The number of hydrogen-bond donors (Lipinski definition) is 13. The summed E-state index contributed by atoms with van der Waals surface area (Å²) in [5, 5.41) is 40.1. The van der Waals surface area contributed by atoms with Crippen molar-refractivity contribution in [3.8, 4) is 11.4 Å². The van der Waals surface area contributed by atoms with Crippen LogP contribution in [0.25, 0.3) is 27.5 Å². The molecule has 3 aliphatic rings. The molecule has 14 N–H and O–H groups in total. The Balaban J connectivity index is 1.03. The van der Waals surface area contributed by atoms with Crippen LogP contribution in [0.5, 0.6) is 5.75 Å². The fraction of sp³-hybridized carbons (Fsp3) is 0.343. The highest BCUT2D eigenvalue weighted by Gasteiger charge is 2.49. The van der Waals surface area contributed by atoms with Crippen LogP contribution in [-0.2, 0) is 91.3 Å². The third kappa shape index (κ3) is 17.0. The monoisotopic (exact) mass is 1360 g/mol. The summed E-state index contributed by atoms with van der Waals surface area (Å²) in [7, 11) is 1.46. The van der Waals surface area contributed by atoms with E-state index in [0.717, 1.165) is 6.07 Å². The minimum atomic E-state index is -2.05. The zero-order valence-electron chi connectivity index (χ0n) is 54.1. The number of H-pyrrole nitrogens is 3. The molecule has 0 unspecified atom stereocenters. The maximum absolute atomic E-state index is 15.3. The van der Waals surface area contributed by atoms with E-state index >= 15 is 19.2 Å². The minimum Gasteiger partial charge on any atom is -0.497 e. The normalized spacial score (nSPS) is 22.8. The van der Waals surface area contributed by atoms with Gasteiger partial charge in [0.2, 0.25) is 59.1 Å². The van der Waals surface area contributed by atoms with Crippen LogP contribution >= 0.6 is 0 Å². The maximum atomic E-state index is 15.3. The molecular formula is C67H73F2N17O13. The molecule has 99 heavy (non-hydrogen) atoms. The molecule has 4 aromatic heterocycles. The summed E-state index contributed by atoms with van der Waals surface area (Å²) in [6.07, 6.45) is 4.45. The summed E-state index contributed by atoms with van der Waals surface area (Å²) in [5.41, 5.74) is 7.62. The van der Waals surface area contributed by atoms with Crippen LogP contribution in [0, 0.1) is 11.6 Å². The van der Waals surface area contributed by atoms with Gasteiger partial charge in [-0.15, -0.1) is 5.10 Å². The van der Waals surface area contributed by atoms with Crippen molar-refractivity contribution in [2.24, 2.45) is 5.73 Å². The number of carbonyl (C=O) groups is 11. The number of nitrogens with one attached hydrogen (secondary N) is 11. The van der Waals surface area contributed by atoms with Crippen LogP contribution < -0.4 is 53.0 Å². The maximum Gasteiger partial charge on any atom is 0.305 e. The predicted molar refractivity (Wildman–Crippen MR) is 349 cm³/mol. The number of amides is 10. The van der Waals surface area contributed by atoms with Crippen molar-refractivity contribution >= 4 is 86.8 Å². The Hall–Kier alpha value is -11.9. The van der Waals surface area contributed by atoms with E-state index in [1.807, 2.05) is 0 Å². The molecular weight excluding hydrogens is 1290 g/mol. The molecule has 0 spiro atoms. The van der Waals surface area contributed by atoms with Crippen molar-refractivity contribution in [2.75, 3.05) is 13.7 Å². The van der Waals surface area contributed by atoms with Crippen LogP contribution in [-0.4, -0.2) is 178 Å². The van der Waals surface area contributed by atoms with E-state index in [4.69, 9.17) is 10.5 Å². The van der Waals surface area contributed by atoms with Crippen LogP contribution in [0.15, 0.2) is 116 Å². The molecule has 4 aromatic carbocycles. The number of rotatable bonds is 13. The first-order valence-corrected chi connectivity index (χ1v) is 31.7. The van der Waals surface area contributed by atoms with E-state index in [0.29, 0.717) is 51.0 Å². The number of benzene rings is 4. The lowest BCUT2D eigenvalue weighted by molar-refractivity contribution is -0.147. The van der Waals surface area contributed by atoms with E-state index in [1.54, 1.807) is 48.5 Å².